The molecule has 0 amide bonds. The van der Waals surface area contributed by atoms with Gasteiger partial charge in [-0.2, -0.15) is 0 Å². The van der Waals surface area contributed by atoms with E-state index in [1.165, 1.54) is 38.6 Å². The minimum Gasteiger partial charge on any atom is -0.329 e. The van der Waals surface area contributed by atoms with Crippen molar-refractivity contribution in [3.8, 4) is 0 Å². The van der Waals surface area contributed by atoms with Gasteiger partial charge in [-0.1, -0.05) is 34.6 Å². The number of nitrogens with two attached hydrogens (primary N) is 1. The molecular weight excluding hydrogens is 232 g/mol. The zero-order chi connectivity index (χ0) is 14.3. The summed E-state index contributed by atoms with van der Waals surface area (Å²) in [4.78, 5) is 2.81. The van der Waals surface area contributed by atoms with Crippen LogP contribution in [0.15, 0.2) is 0 Å². The summed E-state index contributed by atoms with van der Waals surface area (Å²) in [5, 5.41) is 0. The van der Waals surface area contributed by atoms with E-state index in [4.69, 9.17) is 5.73 Å². The van der Waals surface area contributed by atoms with Crippen molar-refractivity contribution in [2.75, 3.05) is 13.1 Å². The van der Waals surface area contributed by atoms with Crippen molar-refractivity contribution in [3.63, 3.8) is 0 Å². The Bertz CT molecular complexity index is 306. The fourth-order valence-electron chi connectivity index (χ4n) is 4.70. The largest absolute Gasteiger partial charge is 0.329 e. The summed E-state index contributed by atoms with van der Waals surface area (Å²) in [6.45, 7) is 14.1. The van der Waals surface area contributed by atoms with Gasteiger partial charge in [-0.3, -0.25) is 4.90 Å². The molecule has 2 rings (SSSR count). The molecular formula is C17H34N2. The average Bonchev–Trinajstić information content (AvgIpc) is 3.06. The SMILES string of the molecule is CC(C)CN(C1CC1)C1(CN)CC(C)CC(C)(C)C1. The first-order valence-electron chi connectivity index (χ1n) is 8.25. The third-order valence-corrected chi connectivity index (χ3v) is 4.98. The molecule has 2 unspecified atom stereocenters. The quantitative estimate of drug-likeness (QED) is 0.823. The maximum absolute atomic E-state index is 6.32. The van der Waals surface area contributed by atoms with Crippen molar-refractivity contribution in [1.82, 2.24) is 4.90 Å². The number of hydrogen-bond donors (Lipinski definition) is 1. The molecule has 0 radical (unpaired) electrons. The van der Waals surface area contributed by atoms with Crippen molar-refractivity contribution in [1.29, 1.82) is 0 Å². The standard InChI is InChI=1S/C17H34N2/c1-13(2)10-19(15-6-7-15)17(12-18)9-14(3)8-16(4,5)11-17/h13-15H,6-12,18H2,1-5H3. The highest BCUT2D eigenvalue weighted by Crippen LogP contribution is 2.49. The Morgan fingerprint density at radius 2 is 1.84 bits per heavy atom. The first-order chi connectivity index (χ1) is 8.78. The molecule has 0 bridgehead atoms. The van der Waals surface area contributed by atoms with Gasteiger partial charge >= 0.3 is 0 Å². The summed E-state index contributed by atoms with van der Waals surface area (Å²) in [5.74, 6) is 1.55. The molecule has 112 valence electrons. The van der Waals surface area contributed by atoms with E-state index in [1.54, 1.807) is 0 Å². The summed E-state index contributed by atoms with van der Waals surface area (Å²) in [7, 11) is 0. The van der Waals surface area contributed by atoms with Gasteiger partial charge in [-0.25, -0.2) is 0 Å². The maximum Gasteiger partial charge on any atom is 0.0342 e. The second kappa shape index (κ2) is 5.37. The third kappa shape index (κ3) is 3.52. The van der Waals surface area contributed by atoms with Crippen LogP contribution in [0.4, 0.5) is 0 Å². The minimum absolute atomic E-state index is 0.270. The van der Waals surface area contributed by atoms with Gasteiger partial charge in [0.15, 0.2) is 0 Å². The zero-order valence-corrected chi connectivity index (χ0v) is 13.7. The first kappa shape index (κ1) is 15.3. The average molecular weight is 266 g/mol. The Morgan fingerprint density at radius 3 is 2.26 bits per heavy atom. The molecule has 0 aliphatic heterocycles. The van der Waals surface area contributed by atoms with Gasteiger partial charge in [0.1, 0.15) is 0 Å². The number of rotatable bonds is 5. The fourth-order valence-corrected chi connectivity index (χ4v) is 4.70. The Kier molecular flexibility index (Phi) is 4.32. The number of hydrogen-bond acceptors (Lipinski definition) is 2. The normalized spacial score (nSPS) is 35.1. The lowest BCUT2D eigenvalue weighted by Gasteiger charge is -2.53. The molecule has 0 aromatic rings. The molecule has 2 saturated carbocycles. The second-order valence-corrected chi connectivity index (χ2v) is 8.56. The molecule has 0 aromatic heterocycles. The highest BCUT2D eigenvalue weighted by Gasteiger charge is 2.49. The second-order valence-electron chi connectivity index (χ2n) is 8.56. The van der Waals surface area contributed by atoms with E-state index >= 15 is 0 Å². The van der Waals surface area contributed by atoms with Crippen molar-refractivity contribution in [2.24, 2.45) is 23.0 Å². The van der Waals surface area contributed by atoms with Crippen LogP contribution < -0.4 is 5.73 Å². The van der Waals surface area contributed by atoms with E-state index < -0.39 is 0 Å². The van der Waals surface area contributed by atoms with Crippen LogP contribution in [0.3, 0.4) is 0 Å². The van der Waals surface area contributed by atoms with Gasteiger partial charge in [-0.05, 0) is 49.4 Å². The molecule has 0 spiro atoms. The molecule has 2 fully saturated rings. The summed E-state index contributed by atoms with van der Waals surface area (Å²) < 4.78 is 0. The summed E-state index contributed by atoms with van der Waals surface area (Å²) in [6.07, 6.45) is 6.72. The molecule has 0 heterocycles. The molecule has 0 saturated heterocycles. The fraction of sp³-hybridized carbons (Fsp3) is 1.00. The zero-order valence-electron chi connectivity index (χ0n) is 13.7. The third-order valence-electron chi connectivity index (χ3n) is 4.98. The highest BCUT2D eigenvalue weighted by molar-refractivity contribution is 5.05. The Labute approximate surface area is 120 Å². The van der Waals surface area contributed by atoms with Crippen LogP contribution >= 0.6 is 0 Å². The lowest BCUT2D eigenvalue weighted by molar-refractivity contribution is -0.0229. The molecule has 2 N–H and O–H groups in total. The van der Waals surface area contributed by atoms with Crippen LogP contribution in [0, 0.1) is 17.3 Å². The first-order valence-corrected chi connectivity index (χ1v) is 8.25. The molecule has 2 atom stereocenters. The predicted octanol–water partition coefficient (Wildman–Crippen LogP) is 3.65. The molecule has 2 aliphatic rings. The van der Waals surface area contributed by atoms with Crippen LogP contribution in [0.1, 0.15) is 66.7 Å². The van der Waals surface area contributed by atoms with Crippen LogP contribution in [0.2, 0.25) is 0 Å². The van der Waals surface area contributed by atoms with E-state index in [1.807, 2.05) is 0 Å². The van der Waals surface area contributed by atoms with Gasteiger partial charge in [-0.15, -0.1) is 0 Å². The van der Waals surface area contributed by atoms with Gasteiger partial charge in [0.05, 0.1) is 0 Å². The minimum atomic E-state index is 0.270. The smallest absolute Gasteiger partial charge is 0.0342 e. The van der Waals surface area contributed by atoms with E-state index in [9.17, 15) is 0 Å². The van der Waals surface area contributed by atoms with E-state index in [2.05, 4.69) is 39.5 Å². The summed E-state index contributed by atoms with van der Waals surface area (Å²) in [5.41, 5.74) is 7.04. The summed E-state index contributed by atoms with van der Waals surface area (Å²) >= 11 is 0. The van der Waals surface area contributed by atoms with Gasteiger partial charge in [0.25, 0.3) is 0 Å². The Morgan fingerprint density at radius 1 is 1.21 bits per heavy atom. The van der Waals surface area contributed by atoms with Gasteiger partial charge in [0.2, 0.25) is 0 Å². The van der Waals surface area contributed by atoms with Crippen LogP contribution in [-0.4, -0.2) is 29.6 Å². The lowest BCUT2D eigenvalue weighted by Crippen LogP contribution is -2.60. The molecule has 19 heavy (non-hydrogen) atoms. The van der Waals surface area contributed by atoms with Gasteiger partial charge < -0.3 is 5.73 Å². The van der Waals surface area contributed by atoms with E-state index in [-0.39, 0.29) is 5.54 Å². The topological polar surface area (TPSA) is 29.3 Å². The Hall–Kier alpha value is -0.0800. The molecule has 0 aromatic carbocycles. The van der Waals surface area contributed by atoms with Crippen LogP contribution in [0.25, 0.3) is 0 Å². The molecule has 2 nitrogen and oxygen atoms in total. The van der Waals surface area contributed by atoms with Crippen molar-refractivity contribution in [3.05, 3.63) is 0 Å². The maximum atomic E-state index is 6.32. The van der Waals surface area contributed by atoms with Gasteiger partial charge in [0, 0.05) is 24.7 Å². The van der Waals surface area contributed by atoms with Crippen LogP contribution in [-0.2, 0) is 0 Å². The molecule has 2 heteroatoms. The monoisotopic (exact) mass is 266 g/mol. The predicted molar refractivity (Wildman–Crippen MR) is 83.1 cm³/mol. The number of nitrogens with zero attached hydrogens (tertiary/aromatic N) is 1. The van der Waals surface area contributed by atoms with E-state index in [0.29, 0.717) is 5.41 Å². The van der Waals surface area contributed by atoms with E-state index in [0.717, 1.165) is 24.4 Å². The van der Waals surface area contributed by atoms with Crippen molar-refractivity contribution in [2.45, 2.75) is 78.3 Å². The van der Waals surface area contributed by atoms with Crippen LogP contribution in [0.5, 0.6) is 0 Å². The molecule has 2 aliphatic carbocycles. The Balaban J connectivity index is 2.23. The lowest BCUT2D eigenvalue weighted by atomic mass is 9.63. The van der Waals surface area contributed by atoms with Crippen molar-refractivity contribution >= 4 is 0 Å². The summed E-state index contributed by atoms with van der Waals surface area (Å²) in [6, 6.07) is 0.826. The van der Waals surface area contributed by atoms with Crippen molar-refractivity contribution < 1.29 is 0 Å². The highest BCUT2D eigenvalue weighted by atomic mass is 15.3.